The molecule has 31 heavy (non-hydrogen) atoms. The van der Waals surface area contributed by atoms with E-state index >= 15 is 0 Å². The molecular weight excluding hydrogens is 415 g/mol. The van der Waals surface area contributed by atoms with Gasteiger partial charge in [0.05, 0.1) is 5.69 Å². The van der Waals surface area contributed by atoms with E-state index in [0.29, 0.717) is 23.2 Å². The number of nitrogens with one attached hydrogen (secondary N) is 2. The van der Waals surface area contributed by atoms with Gasteiger partial charge in [0.2, 0.25) is 0 Å². The number of amides is 1. The fourth-order valence-corrected chi connectivity index (χ4v) is 3.82. The highest BCUT2D eigenvalue weighted by molar-refractivity contribution is 5.93. The summed E-state index contributed by atoms with van der Waals surface area (Å²) < 4.78 is 40.1. The van der Waals surface area contributed by atoms with Gasteiger partial charge in [-0.1, -0.05) is 12.1 Å². The van der Waals surface area contributed by atoms with Gasteiger partial charge in [-0.25, -0.2) is 4.79 Å². The van der Waals surface area contributed by atoms with Crippen LogP contribution < -0.4 is 15.5 Å². The lowest BCUT2D eigenvalue weighted by Gasteiger charge is -2.17. The van der Waals surface area contributed by atoms with Crippen molar-refractivity contribution in [3.63, 3.8) is 0 Å². The Morgan fingerprint density at radius 2 is 1.74 bits per heavy atom. The monoisotopic (exact) mass is 435 g/mol. The topological polar surface area (TPSA) is 96.5 Å². The van der Waals surface area contributed by atoms with Gasteiger partial charge in [-0.15, -0.1) is 10.2 Å². The molecular formula is C20H20F3N5O3. The molecule has 0 spiro atoms. The molecule has 2 N–H and O–H groups in total. The first-order valence-electron chi connectivity index (χ1n) is 9.73. The molecule has 2 saturated heterocycles. The number of anilines is 2. The number of rotatable bonds is 5. The van der Waals surface area contributed by atoms with Crippen LogP contribution in [0.15, 0.2) is 36.4 Å². The van der Waals surface area contributed by atoms with E-state index in [1.165, 1.54) is 0 Å². The van der Waals surface area contributed by atoms with Crippen LogP contribution in [0.4, 0.5) is 24.7 Å². The fraction of sp³-hybridized carbons (Fsp3) is 0.400. The van der Waals surface area contributed by atoms with Crippen LogP contribution in [0.5, 0.6) is 0 Å². The fourth-order valence-electron chi connectivity index (χ4n) is 3.82. The van der Waals surface area contributed by atoms with Crippen LogP contribution in [0.3, 0.4) is 0 Å². The lowest BCUT2D eigenvalue weighted by molar-refractivity contribution is -0.199. The van der Waals surface area contributed by atoms with Gasteiger partial charge in [0, 0.05) is 37.4 Å². The van der Waals surface area contributed by atoms with E-state index in [-0.39, 0.29) is 0 Å². The second-order valence-electron chi connectivity index (χ2n) is 7.56. The van der Waals surface area contributed by atoms with E-state index in [1.807, 2.05) is 12.1 Å². The van der Waals surface area contributed by atoms with E-state index in [9.17, 15) is 22.8 Å². The van der Waals surface area contributed by atoms with Gasteiger partial charge in [0.15, 0.2) is 12.4 Å². The summed E-state index contributed by atoms with van der Waals surface area (Å²) in [6.45, 7) is 3.00. The SMILES string of the molecule is O=C(COC(=O)C(F)(F)F)Nc1ccc(-c2ccc(N3CC4CNCC4C3)nn2)cc1. The van der Waals surface area contributed by atoms with Crippen molar-refractivity contribution in [1.29, 1.82) is 0 Å². The number of carbonyl (C=O) groups excluding carboxylic acids is 2. The van der Waals surface area contributed by atoms with Crippen LogP contribution in [0.25, 0.3) is 11.3 Å². The molecule has 164 valence electrons. The molecule has 11 heteroatoms. The number of alkyl halides is 3. The zero-order valence-electron chi connectivity index (χ0n) is 16.4. The van der Waals surface area contributed by atoms with Crippen LogP contribution in [0.1, 0.15) is 0 Å². The molecule has 2 aliphatic heterocycles. The van der Waals surface area contributed by atoms with Crippen molar-refractivity contribution in [3.8, 4) is 11.3 Å². The Balaban J connectivity index is 1.32. The second-order valence-corrected chi connectivity index (χ2v) is 7.56. The number of aromatic nitrogens is 2. The van der Waals surface area contributed by atoms with Gasteiger partial charge in [-0.3, -0.25) is 4.79 Å². The van der Waals surface area contributed by atoms with Crippen LogP contribution >= 0.6 is 0 Å². The molecule has 1 aromatic carbocycles. The Morgan fingerprint density at radius 3 is 2.32 bits per heavy atom. The minimum Gasteiger partial charge on any atom is -0.449 e. The van der Waals surface area contributed by atoms with Crippen molar-refractivity contribution in [1.82, 2.24) is 15.5 Å². The molecule has 0 saturated carbocycles. The quantitative estimate of drug-likeness (QED) is 0.692. The molecule has 3 heterocycles. The maximum Gasteiger partial charge on any atom is 0.490 e. The number of hydrogen-bond donors (Lipinski definition) is 2. The second kappa shape index (κ2) is 8.50. The molecule has 8 nitrogen and oxygen atoms in total. The van der Waals surface area contributed by atoms with Crippen molar-refractivity contribution in [2.45, 2.75) is 6.18 Å². The van der Waals surface area contributed by atoms with Crippen LogP contribution in [-0.2, 0) is 14.3 Å². The summed E-state index contributed by atoms with van der Waals surface area (Å²) in [5.74, 6) is -1.13. The highest BCUT2D eigenvalue weighted by atomic mass is 19.4. The smallest absolute Gasteiger partial charge is 0.449 e. The lowest BCUT2D eigenvalue weighted by atomic mass is 10.0. The number of ether oxygens (including phenoxy) is 1. The van der Waals surface area contributed by atoms with Gasteiger partial charge >= 0.3 is 12.1 Å². The molecule has 0 radical (unpaired) electrons. The number of nitrogens with zero attached hydrogens (tertiary/aromatic N) is 3. The van der Waals surface area contributed by atoms with Crippen molar-refractivity contribution < 1.29 is 27.5 Å². The molecule has 0 bridgehead atoms. The van der Waals surface area contributed by atoms with Crippen molar-refractivity contribution >= 4 is 23.4 Å². The molecule has 2 aromatic rings. The van der Waals surface area contributed by atoms with Crippen molar-refractivity contribution in [2.75, 3.05) is 43.0 Å². The molecule has 2 unspecified atom stereocenters. The van der Waals surface area contributed by atoms with Crippen molar-refractivity contribution in [3.05, 3.63) is 36.4 Å². The summed E-state index contributed by atoms with van der Waals surface area (Å²) in [4.78, 5) is 24.5. The Bertz CT molecular complexity index is 938. The zero-order valence-corrected chi connectivity index (χ0v) is 16.4. The van der Waals surface area contributed by atoms with Crippen molar-refractivity contribution in [2.24, 2.45) is 11.8 Å². The minimum absolute atomic E-state index is 0.346. The zero-order chi connectivity index (χ0) is 22.0. The highest BCUT2D eigenvalue weighted by Gasteiger charge is 2.41. The maximum atomic E-state index is 12.1. The number of hydrogen-bond acceptors (Lipinski definition) is 7. The summed E-state index contributed by atoms with van der Waals surface area (Å²) in [5.41, 5.74) is 1.77. The Kier molecular flexibility index (Phi) is 5.77. The molecule has 2 aliphatic rings. The highest BCUT2D eigenvalue weighted by Crippen LogP contribution is 2.30. The predicted molar refractivity (Wildman–Crippen MR) is 105 cm³/mol. The predicted octanol–water partition coefficient (Wildman–Crippen LogP) is 1.84. The summed E-state index contributed by atoms with van der Waals surface area (Å²) in [7, 11) is 0. The van der Waals surface area contributed by atoms with Gasteiger partial charge in [0.25, 0.3) is 5.91 Å². The maximum absolute atomic E-state index is 12.1. The largest absolute Gasteiger partial charge is 0.490 e. The summed E-state index contributed by atoms with van der Waals surface area (Å²) in [5, 5.41) is 14.4. The Hall–Kier alpha value is -3.21. The molecule has 4 rings (SSSR count). The number of fused-ring (bicyclic) bond motifs is 1. The molecule has 1 aromatic heterocycles. The third-order valence-corrected chi connectivity index (χ3v) is 5.39. The number of carbonyl (C=O) groups is 2. The molecule has 0 aliphatic carbocycles. The first kappa shape index (κ1) is 21.0. The molecule has 2 atom stereocenters. The third-order valence-electron chi connectivity index (χ3n) is 5.39. The first-order valence-corrected chi connectivity index (χ1v) is 9.73. The van der Waals surface area contributed by atoms with E-state index in [1.54, 1.807) is 24.3 Å². The normalized spacial score (nSPS) is 20.4. The van der Waals surface area contributed by atoms with Gasteiger partial charge in [-0.05, 0) is 36.1 Å². The van der Waals surface area contributed by atoms with E-state index in [4.69, 9.17) is 0 Å². The summed E-state index contributed by atoms with van der Waals surface area (Å²) in [6, 6.07) is 10.4. The van der Waals surface area contributed by atoms with Gasteiger partial charge in [-0.2, -0.15) is 13.2 Å². The standard InChI is InChI=1S/C20H20F3N5O3/c21-20(22,23)19(30)31-11-18(29)25-15-3-1-12(2-4-15)16-5-6-17(27-26-16)28-9-13-7-24-8-14(13)10-28/h1-6,13-14,24H,7-11H2,(H,25,29). The number of halogens is 3. The van der Waals surface area contributed by atoms with Crippen LogP contribution in [-0.4, -0.2) is 61.0 Å². The van der Waals surface area contributed by atoms with E-state index in [2.05, 4.69) is 30.5 Å². The average Bonchev–Trinajstić information content (AvgIpc) is 3.34. The van der Waals surface area contributed by atoms with Gasteiger partial charge < -0.3 is 20.3 Å². The Morgan fingerprint density at radius 1 is 1.06 bits per heavy atom. The van der Waals surface area contributed by atoms with Gasteiger partial charge in [0.1, 0.15) is 0 Å². The summed E-state index contributed by atoms with van der Waals surface area (Å²) >= 11 is 0. The van der Waals surface area contributed by atoms with Crippen LogP contribution in [0, 0.1) is 11.8 Å². The van der Waals surface area contributed by atoms with E-state index in [0.717, 1.165) is 37.6 Å². The first-order chi connectivity index (χ1) is 14.8. The van der Waals surface area contributed by atoms with E-state index < -0.39 is 24.7 Å². The number of esters is 1. The number of benzene rings is 1. The minimum atomic E-state index is -5.14. The Labute approximate surface area is 175 Å². The van der Waals surface area contributed by atoms with Crippen LogP contribution in [0.2, 0.25) is 0 Å². The molecule has 2 fully saturated rings. The lowest BCUT2D eigenvalue weighted by Crippen LogP contribution is -2.29. The summed E-state index contributed by atoms with van der Waals surface area (Å²) in [6.07, 6.45) is -5.14. The molecule has 1 amide bonds. The third kappa shape index (κ3) is 4.93. The average molecular weight is 435 g/mol.